The molecule has 0 aliphatic rings. The number of rotatable bonds is 4. The lowest BCUT2D eigenvalue weighted by Gasteiger charge is -2.19. The number of nitrogens with one attached hydrogen (secondary N) is 1. The molecule has 2 N–H and O–H groups in total. The largest absolute Gasteiger partial charge is 0.396 e. The normalized spacial score (nSPS) is 14.0. The number of nitrogens with zero attached hydrogens (tertiary/aromatic N) is 1. The van der Waals surface area contributed by atoms with Gasteiger partial charge in [-0.2, -0.15) is 0 Å². The van der Waals surface area contributed by atoms with E-state index >= 15 is 0 Å². The van der Waals surface area contributed by atoms with E-state index in [9.17, 15) is 4.79 Å². The van der Waals surface area contributed by atoms with Gasteiger partial charge in [-0.3, -0.25) is 4.79 Å². The van der Waals surface area contributed by atoms with Gasteiger partial charge in [0.2, 0.25) is 0 Å². The van der Waals surface area contributed by atoms with E-state index in [1.807, 2.05) is 38.1 Å². The van der Waals surface area contributed by atoms with Crippen LogP contribution in [0.2, 0.25) is 5.15 Å². The molecule has 0 bridgehead atoms. The van der Waals surface area contributed by atoms with E-state index in [-0.39, 0.29) is 24.5 Å². The second-order valence-corrected chi connectivity index (χ2v) is 5.29. The van der Waals surface area contributed by atoms with Crippen LogP contribution in [0.5, 0.6) is 0 Å². The highest BCUT2D eigenvalue weighted by Gasteiger charge is 2.17. The fourth-order valence-corrected chi connectivity index (χ4v) is 2.14. The maximum atomic E-state index is 12.3. The van der Waals surface area contributed by atoms with E-state index in [1.165, 1.54) is 6.20 Å². The van der Waals surface area contributed by atoms with Crippen LogP contribution in [-0.2, 0) is 0 Å². The summed E-state index contributed by atoms with van der Waals surface area (Å²) in [4.78, 5) is 16.4. The number of benzene rings is 1. The molecule has 0 fully saturated rings. The van der Waals surface area contributed by atoms with E-state index in [1.54, 1.807) is 0 Å². The number of aliphatic hydroxyl groups excluding tert-OH is 1. The van der Waals surface area contributed by atoms with E-state index in [0.717, 1.165) is 10.8 Å². The maximum Gasteiger partial charge on any atom is 0.253 e. The number of aromatic nitrogens is 1. The van der Waals surface area contributed by atoms with Gasteiger partial charge >= 0.3 is 0 Å². The van der Waals surface area contributed by atoms with Gasteiger partial charge < -0.3 is 10.4 Å². The highest BCUT2D eigenvalue weighted by molar-refractivity contribution is 6.34. The van der Waals surface area contributed by atoms with Crippen LogP contribution in [0.15, 0.2) is 30.5 Å². The van der Waals surface area contributed by atoms with Crippen molar-refractivity contribution >= 4 is 28.3 Å². The number of carbonyl (C=O) groups excluding carboxylic acids is 1. The molecule has 0 radical (unpaired) electrons. The first-order chi connectivity index (χ1) is 9.54. The average molecular weight is 293 g/mol. The summed E-state index contributed by atoms with van der Waals surface area (Å²) in [6, 6.07) is 7.27. The van der Waals surface area contributed by atoms with Gasteiger partial charge in [0.1, 0.15) is 5.15 Å². The summed E-state index contributed by atoms with van der Waals surface area (Å²) in [7, 11) is 0. The van der Waals surface area contributed by atoms with Crippen molar-refractivity contribution in [3.63, 3.8) is 0 Å². The van der Waals surface area contributed by atoms with Gasteiger partial charge in [0.25, 0.3) is 5.91 Å². The molecule has 4 nitrogen and oxygen atoms in total. The Bertz CT molecular complexity index is 630. The number of carbonyl (C=O) groups is 1. The molecule has 0 aliphatic heterocycles. The Kier molecular flexibility index (Phi) is 4.57. The molecular formula is C15H17ClN2O2. The smallest absolute Gasteiger partial charge is 0.253 e. The predicted octanol–water partition coefficient (Wildman–Crippen LogP) is 2.63. The molecule has 5 heteroatoms. The van der Waals surface area contributed by atoms with Gasteiger partial charge in [-0.25, -0.2) is 4.98 Å². The summed E-state index contributed by atoms with van der Waals surface area (Å²) in [6.07, 6.45) is 1.48. The summed E-state index contributed by atoms with van der Waals surface area (Å²) < 4.78 is 0. The molecule has 0 saturated heterocycles. The van der Waals surface area contributed by atoms with Gasteiger partial charge in [0.15, 0.2) is 0 Å². The molecule has 2 unspecified atom stereocenters. The lowest BCUT2D eigenvalue weighted by Crippen LogP contribution is -2.38. The highest BCUT2D eigenvalue weighted by atomic mass is 35.5. The van der Waals surface area contributed by atoms with Crippen molar-refractivity contribution in [3.05, 3.63) is 41.2 Å². The Balaban J connectivity index is 2.34. The third-order valence-electron chi connectivity index (χ3n) is 3.49. The zero-order valence-electron chi connectivity index (χ0n) is 11.4. The molecule has 0 spiro atoms. The van der Waals surface area contributed by atoms with Gasteiger partial charge in [-0.1, -0.05) is 42.8 Å². The minimum atomic E-state index is -0.210. The van der Waals surface area contributed by atoms with Crippen LogP contribution in [0.3, 0.4) is 0 Å². The lowest BCUT2D eigenvalue weighted by molar-refractivity contribution is 0.0917. The number of aliphatic hydroxyl groups is 1. The second kappa shape index (κ2) is 6.20. The van der Waals surface area contributed by atoms with Crippen molar-refractivity contribution in [2.45, 2.75) is 19.9 Å². The summed E-state index contributed by atoms with van der Waals surface area (Å²) in [5, 5.41) is 13.9. The molecule has 1 aromatic carbocycles. The third kappa shape index (κ3) is 2.92. The number of amides is 1. The van der Waals surface area contributed by atoms with Crippen molar-refractivity contribution in [2.75, 3.05) is 6.61 Å². The first-order valence-corrected chi connectivity index (χ1v) is 6.87. The van der Waals surface area contributed by atoms with Crippen LogP contribution < -0.4 is 5.32 Å². The SMILES string of the molecule is CC(CO)C(C)NC(=O)c1cnc(Cl)c2ccccc12. The van der Waals surface area contributed by atoms with Gasteiger partial charge in [0.05, 0.1) is 5.56 Å². The molecule has 1 aromatic heterocycles. The van der Waals surface area contributed by atoms with E-state index in [2.05, 4.69) is 10.3 Å². The molecule has 0 aliphatic carbocycles. The first-order valence-electron chi connectivity index (χ1n) is 6.49. The van der Waals surface area contributed by atoms with Crippen molar-refractivity contribution in [3.8, 4) is 0 Å². The molecule has 0 saturated carbocycles. The van der Waals surface area contributed by atoms with E-state index in [4.69, 9.17) is 16.7 Å². The van der Waals surface area contributed by atoms with Crippen molar-refractivity contribution in [2.24, 2.45) is 5.92 Å². The summed E-state index contributed by atoms with van der Waals surface area (Å²) in [5.41, 5.74) is 0.488. The van der Waals surface area contributed by atoms with Gasteiger partial charge in [-0.15, -0.1) is 0 Å². The molecular weight excluding hydrogens is 276 g/mol. The van der Waals surface area contributed by atoms with Crippen LogP contribution in [-0.4, -0.2) is 28.6 Å². The standard InChI is InChI=1S/C15H17ClN2O2/c1-9(8-19)10(2)18-15(20)13-7-17-14(16)12-6-4-3-5-11(12)13/h3-7,9-10,19H,8H2,1-2H3,(H,18,20). The Labute approximate surface area is 122 Å². The zero-order chi connectivity index (χ0) is 14.7. The Morgan fingerprint density at radius 1 is 1.35 bits per heavy atom. The number of fused-ring (bicyclic) bond motifs is 1. The molecule has 2 atom stereocenters. The van der Waals surface area contributed by atoms with Gasteiger partial charge in [-0.05, 0) is 18.2 Å². The predicted molar refractivity (Wildman–Crippen MR) is 79.9 cm³/mol. The number of halogens is 1. The lowest BCUT2D eigenvalue weighted by atomic mass is 10.0. The first kappa shape index (κ1) is 14.8. The van der Waals surface area contributed by atoms with E-state index < -0.39 is 0 Å². The molecule has 2 rings (SSSR count). The van der Waals surface area contributed by atoms with Crippen molar-refractivity contribution in [1.29, 1.82) is 0 Å². The topological polar surface area (TPSA) is 62.2 Å². The summed E-state index contributed by atoms with van der Waals surface area (Å²) >= 11 is 6.04. The fraction of sp³-hybridized carbons (Fsp3) is 0.333. The Morgan fingerprint density at radius 3 is 2.65 bits per heavy atom. The highest BCUT2D eigenvalue weighted by Crippen LogP contribution is 2.24. The minimum Gasteiger partial charge on any atom is -0.396 e. The second-order valence-electron chi connectivity index (χ2n) is 4.93. The summed E-state index contributed by atoms with van der Waals surface area (Å²) in [6.45, 7) is 3.77. The van der Waals surface area contributed by atoms with Crippen molar-refractivity contribution < 1.29 is 9.90 Å². The fourth-order valence-electron chi connectivity index (χ4n) is 1.92. The zero-order valence-corrected chi connectivity index (χ0v) is 12.2. The average Bonchev–Trinajstić information content (AvgIpc) is 2.46. The monoisotopic (exact) mass is 292 g/mol. The van der Waals surface area contributed by atoms with Gasteiger partial charge in [0, 0.05) is 24.2 Å². The molecule has 1 amide bonds. The van der Waals surface area contributed by atoms with E-state index in [0.29, 0.717) is 10.7 Å². The van der Waals surface area contributed by atoms with Crippen molar-refractivity contribution in [1.82, 2.24) is 10.3 Å². The van der Waals surface area contributed by atoms with Crippen LogP contribution in [0.1, 0.15) is 24.2 Å². The molecule has 1 heterocycles. The Hall–Kier alpha value is -1.65. The number of pyridine rings is 1. The Morgan fingerprint density at radius 2 is 2.00 bits per heavy atom. The number of hydrogen-bond donors (Lipinski definition) is 2. The third-order valence-corrected chi connectivity index (χ3v) is 3.79. The van der Waals surface area contributed by atoms with Crippen LogP contribution in [0.25, 0.3) is 10.8 Å². The number of hydrogen-bond acceptors (Lipinski definition) is 3. The quantitative estimate of drug-likeness (QED) is 0.852. The van der Waals surface area contributed by atoms with Crippen LogP contribution >= 0.6 is 11.6 Å². The molecule has 106 valence electrons. The molecule has 20 heavy (non-hydrogen) atoms. The maximum absolute atomic E-state index is 12.3. The minimum absolute atomic E-state index is 0.00882. The van der Waals surface area contributed by atoms with Crippen LogP contribution in [0.4, 0.5) is 0 Å². The molecule has 2 aromatic rings. The summed E-state index contributed by atoms with van der Waals surface area (Å²) in [5.74, 6) is -0.219. The van der Waals surface area contributed by atoms with Crippen LogP contribution in [0, 0.1) is 5.92 Å².